The van der Waals surface area contributed by atoms with Crippen molar-refractivity contribution in [3.63, 3.8) is 0 Å². The van der Waals surface area contributed by atoms with Gasteiger partial charge in [0, 0.05) is 16.3 Å². The first-order valence-electron chi connectivity index (χ1n) is 6.44. The number of benzene rings is 2. The van der Waals surface area contributed by atoms with Crippen molar-refractivity contribution in [1.29, 1.82) is 0 Å². The predicted octanol–water partition coefficient (Wildman–Crippen LogP) is 4.21. The lowest BCUT2D eigenvalue weighted by Gasteiger charge is -2.09. The summed E-state index contributed by atoms with van der Waals surface area (Å²) in [5, 5.41) is 3.47. The molecule has 22 heavy (non-hydrogen) atoms. The van der Waals surface area contributed by atoms with Crippen LogP contribution in [-0.2, 0) is 4.79 Å². The van der Waals surface area contributed by atoms with Crippen molar-refractivity contribution in [3.05, 3.63) is 58.1 Å². The smallest absolute Gasteiger partial charge is 0.262 e. The lowest BCUT2D eigenvalue weighted by Crippen LogP contribution is -2.20. The van der Waals surface area contributed by atoms with Gasteiger partial charge in [0.2, 0.25) is 0 Å². The quantitative estimate of drug-likeness (QED) is 0.831. The van der Waals surface area contributed by atoms with Gasteiger partial charge in [-0.15, -0.1) is 0 Å². The molecular formula is C16H13Cl2NO3. The molecule has 0 bridgehead atoms. The van der Waals surface area contributed by atoms with Gasteiger partial charge in [-0.3, -0.25) is 9.59 Å². The zero-order valence-electron chi connectivity index (χ0n) is 11.7. The van der Waals surface area contributed by atoms with Crippen LogP contribution in [0.25, 0.3) is 0 Å². The topological polar surface area (TPSA) is 55.4 Å². The van der Waals surface area contributed by atoms with Gasteiger partial charge >= 0.3 is 0 Å². The van der Waals surface area contributed by atoms with Crippen LogP contribution in [-0.4, -0.2) is 18.3 Å². The normalized spacial score (nSPS) is 10.1. The molecule has 0 aliphatic carbocycles. The molecule has 1 amide bonds. The zero-order valence-corrected chi connectivity index (χ0v) is 13.2. The molecule has 0 unspecified atom stereocenters. The van der Waals surface area contributed by atoms with E-state index in [0.717, 1.165) is 0 Å². The van der Waals surface area contributed by atoms with Crippen LogP contribution in [0.5, 0.6) is 5.75 Å². The van der Waals surface area contributed by atoms with Crippen LogP contribution in [0.2, 0.25) is 10.0 Å². The first kappa shape index (κ1) is 16.3. The molecule has 0 radical (unpaired) electrons. The molecule has 4 nitrogen and oxygen atoms in total. The van der Waals surface area contributed by atoms with Crippen molar-refractivity contribution < 1.29 is 14.3 Å². The van der Waals surface area contributed by atoms with E-state index in [1.165, 1.54) is 13.0 Å². The second kappa shape index (κ2) is 7.29. The third-order valence-corrected chi connectivity index (χ3v) is 3.34. The van der Waals surface area contributed by atoms with Crippen LogP contribution in [0.1, 0.15) is 17.3 Å². The first-order valence-corrected chi connectivity index (χ1v) is 7.20. The summed E-state index contributed by atoms with van der Waals surface area (Å²) >= 11 is 11.7. The second-order valence-corrected chi connectivity index (χ2v) is 5.39. The summed E-state index contributed by atoms with van der Waals surface area (Å²) < 4.78 is 5.33. The highest BCUT2D eigenvalue weighted by Crippen LogP contribution is 2.27. The lowest BCUT2D eigenvalue weighted by molar-refractivity contribution is -0.118. The van der Waals surface area contributed by atoms with Gasteiger partial charge in [0.1, 0.15) is 5.75 Å². The number of hydrogen-bond acceptors (Lipinski definition) is 3. The van der Waals surface area contributed by atoms with Crippen LogP contribution < -0.4 is 10.1 Å². The molecule has 0 fully saturated rings. The third-order valence-electron chi connectivity index (χ3n) is 2.81. The Bertz CT molecular complexity index is 716. The number of ether oxygens (including phenoxy) is 1. The minimum Gasteiger partial charge on any atom is -0.482 e. The Kier molecular flexibility index (Phi) is 5.41. The zero-order chi connectivity index (χ0) is 16.1. The van der Waals surface area contributed by atoms with Gasteiger partial charge in [-0.25, -0.2) is 0 Å². The Hall–Kier alpha value is -2.04. The fraction of sp³-hybridized carbons (Fsp3) is 0.125. The van der Waals surface area contributed by atoms with E-state index in [9.17, 15) is 9.59 Å². The number of halogens is 2. The maximum Gasteiger partial charge on any atom is 0.262 e. The van der Waals surface area contributed by atoms with E-state index in [1.54, 1.807) is 36.4 Å². The fourth-order valence-electron chi connectivity index (χ4n) is 1.75. The van der Waals surface area contributed by atoms with E-state index >= 15 is 0 Å². The molecule has 0 saturated heterocycles. The van der Waals surface area contributed by atoms with Crippen molar-refractivity contribution in [1.82, 2.24) is 0 Å². The van der Waals surface area contributed by atoms with E-state index in [2.05, 4.69) is 5.32 Å². The maximum absolute atomic E-state index is 11.9. The summed E-state index contributed by atoms with van der Waals surface area (Å²) in [6, 6.07) is 11.4. The van der Waals surface area contributed by atoms with Crippen molar-refractivity contribution in [3.8, 4) is 5.75 Å². The van der Waals surface area contributed by atoms with Crippen LogP contribution >= 0.6 is 23.2 Å². The van der Waals surface area contributed by atoms with Crippen LogP contribution in [0.3, 0.4) is 0 Å². The van der Waals surface area contributed by atoms with Gasteiger partial charge in [-0.05, 0) is 37.3 Å². The van der Waals surface area contributed by atoms with Gasteiger partial charge in [-0.2, -0.15) is 0 Å². The predicted molar refractivity (Wildman–Crippen MR) is 87.0 cm³/mol. The summed E-state index contributed by atoms with van der Waals surface area (Å²) in [6.45, 7) is 1.26. The minimum absolute atomic E-state index is 0.0692. The Labute approximate surface area is 138 Å². The summed E-state index contributed by atoms with van der Waals surface area (Å²) in [5.74, 6) is -0.0503. The van der Waals surface area contributed by atoms with Crippen molar-refractivity contribution in [2.45, 2.75) is 6.92 Å². The number of Topliss-reactive ketones (excluding diaryl/α,β-unsaturated/α-hetero) is 1. The van der Waals surface area contributed by atoms with E-state index in [1.807, 2.05) is 0 Å². The van der Waals surface area contributed by atoms with Gasteiger partial charge in [0.15, 0.2) is 12.4 Å². The Morgan fingerprint density at radius 2 is 1.91 bits per heavy atom. The average molecular weight is 338 g/mol. The number of rotatable bonds is 5. The summed E-state index contributed by atoms with van der Waals surface area (Å²) in [7, 11) is 0. The number of amides is 1. The maximum atomic E-state index is 11.9. The fourth-order valence-corrected chi connectivity index (χ4v) is 2.21. The Morgan fingerprint density at radius 3 is 2.59 bits per heavy atom. The number of nitrogens with one attached hydrogen (secondary N) is 1. The average Bonchev–Trinajstić information content (AvgIpc) is 2.46. The monoisotopic (exact) mass is 337 g/mol. The SMILES string of the molecule is CC(=O)c1cccc(NC(=O)COc2ccc(Cl)cc2Cl)c1. The molecule has 2 aromatic carbocycles. The Balaban J connectivity index is 1.95. The second-order valence-electron chi connectivity index (χ2n) is 4.55. The first-order chi connectivity index (χ1) is 10.5. The van der Waals surface area contributed by atoms with Gasteiger partial charge < -0.3 is 10.1 Å². The summed E-state index contributed by atoms with van der Waals surface area (Å²) in [6.07, 6.45) is 0. The molecule has 6 heteroatoms. The molecule has 0 aliphatic heterocycles. The summed E-state index contributed by atoms with van der Waals surface area (Å²) in [5.41, 5.74) is 1.06. The highest BCUT2D eigenvalue weighted by atomic mass is 35.5. The van der Waals surface area contributed by atoms with E-state index in [0.29, 0.717) is 27.0 Å². The molecule has 114 valence electrons. The van der Waals surface area contributed by atoms with E-state index < -0.39 is 0 Å². The molecule has 0 spiro atoms. The molecule has 2 rings (SSSR count). The van der Waals surface area contributed by atoms with Crippen LogP contribution in [0.4, 0.5) is 5.69 Å². The number of anilines is 1. The number of carbonyl (C=O) groups is 2. The molecule has 0 aliphatic rings. The standard InChI is InChI=1S/C16H13Cl2NO3/c1-10(20)11-3-2-4-13(7-11)19-16(21)9-22-15-6-5-12(17)8-14(15)18/h2-8H,9H2,1H3,(H,19,21). The number of carbonyl (C=O) groups excluding carboxylic acids is 2. The van der Waals surface area contributed by atoms with Crippen molar-refractivity contribution in [2.75, 3.05) is 11.9 Å². The van der Waals surface area contributed by atoms with Gasteiger partial charge in [0.05, 0.1) is 5.02 Å². The van der Waals surface area contributed by atoms with Gasteiger partial charge in [0.25, 0.3) is 5.91 Å². The molecule has 0 saturated carbocycles. The number of hydrogen-bond donors (Lipinski definition) is 1. The van der Waals surface area contributed by atoms with Crippen molar-refractivity contribution in [2.24, 2.45) is 0 Å². The van der Waals surface area contributed by atoms with Gasteiger partial charge in [-0.1, -0.05) is 35.3 Å². The Morgan fingerprint density at radius 1 is 1.14 bits per heavy atom. The summed E-state index contributed by atoms with van der Waals surface area (Å²) in [4.78, 5) is 23.2. The molecule has 0 aromatic heterocycles. The third kappa shape index (κ3) is 4.48. The molecule has 0 heterocycles. The van der Waals surface area contributed by atoms with Crippen LogP contribution in [0, 0.1) is 0 Å². The number of ketones is 1. The lowest BCUT2D eigenvalue weighted by atomic mass is 10.1. The van der Waals surface area contributed by atoms with E-state index in [4.69, 9.17) is 27.9 Å². The molecule has 1 N–H and O–H groups in total. The molecule has 0 atom stereocenters. The van der Waals surface area contributed by atoms with E-state index in [-0.39, 0.29) is 18.3 Å². The molecular weight excluding hydrogens is 325 g/mol. The van der Waals surface area contributed by atoms with Crippen LogP contribution in [0.15, 0.2) is 42.5 Å². The highest BCUT2D eigenvalue weighted by molar-refractivity contribution is 6.35. The molecule has 2 aromatic rings. The minimum atomic E-state index is -0.355. The highest BCUT2D eigenvalue weighted by Gasteiger charge is 2.08. The van der Waals surface area contributed by atoms with Crippen molar-refractivity contribution >= 4 is 40.6 Å². The largest absolute Gasteiger partial charge is 0.482 e.